The Morgan fingerprint density at radius 2 is 2.03 bits per heavy atom. The zero-order valence-corrected chi connectivity index (χ0v) is 17.8. The van der Waals surface area contributed by atoms with E-state index in [4.69, 9.17) is 4.74 Å². The van der Waals surface area contributed by atoms with Crippen LogP contribution in [0.5, 0.6) is 0 Å². The van der Waals surface area contributed by atoms with E-state index < -0.39 is 0 Å². The van der Waals surface area contributed by atoms with E-state index in [2.05, 4.69) is 61.8 Å². The molecule has 0 bridgehead atoms. The van der Waals surface area contributed by atoms with Crippen LogP contribution in [0.15, 0.2) is 18.7 Å². The lowest BCUT2D eigenvalue weighted by atomic mass is 9.93. The molecular weight excluding hydrogens is 366 g/mol. The number of aromatic nitrogens is 5. The molecule has 8 heteroatoms. The minimum Gasteiger partial charge on any atom is -0.376 e. The molecule has 2 aromatic rings. The number of nitrogens with zero attached hydrogens (tertiary/aromatic N) is 6. The van der Waals surface area contributed by atoms with Crippen LogP contribution in [0.1, 0.15) is 58.2 Å². The third-order valence-electron chi connectivity index (χ3n) is 6.18. The van der Waals surface area contributed by atoms with Crippen molar-refractivity contribution >= 4 is 11.6 Å². The van der Waals surface area contributed by atoms with Crippen LogP contribution in [0.3, 0.4) is 0 Å². The van der Waals surface area contributed by atoms with Crippen molar-refractivity contribution in [3.05, 3.63) is 24.5 Å². The van der Waals surface area contributed by atoms with Crippen LogP contribution in [0.2, 0.25) is 0 Å². The van der Waals surface area contributed by atoms with Crippen molar-refractivity contribution in [1.29, 1.82) is 0 Å². The number of nitrogens with one attached hydrogen (secondary N) is 1. The molecule has 0 radical (unpaired) electrons. The fraction of sp³-hybridized carbons (Fsp3) is 0.714. The molecule has 2 aliphatic rings. The van der Waals surface area contributed by atoms with Gasteiger partial charge < -0.3 is 19.5 Å². The average Bonchev–Trinajstić information content (AvgIpc) is 3.23. The summed E-state index contributed by atoms with van der Waals surface area (Å²) < 4.78 is 8.16. The molecule has 29 heavy (non-hydrogen) atoms. The number of ether oxygens (including phenoxy) is 1. The first kappa shape index (κ1) is 20.1. The summed E-state index contributed by atoms with van der Waals surface area (Å²) in [5.74, 6) is 3.96. The van der Waals surface area contributed by atoms with E-state index in [9.17, 15) is 0 Å². The summed E-state index contributed by atoms with van der Waals surface area (Å²) in [5.41, 5.74) is 0. The Kier molecular flexibility index (Phi) is 6.28. The van der Waals surface area contributed by atoms with Gasteiger partial charge in [-0.15, -0.1) is 10.2 Å². The predicted octanol–water partition coefficient (Wildman–Crippen LogP) is 3.09. The van der Waals surface area contributed by atoms with Crippen LogP contribution in [-0.2, 0) is 11.3 Å². The fourth-order valence-electron chi connectivity index (χ4n) is 4.59. The Morgan fingerprint density at radius 3 is 2.79 bits per heavy atom. The van der Waals surface area contributed by atoms with E-state index in [0.29, 0.717) is 17.9 Å². The van der Waals surface area contributed by atoms with Gasteiger partial charge in [0.15, 0.2) is 0 Å². The molecule has 0 amide bonds. The molecule has 2 saturated heterocycles. The molecular formula is C21H33N7O. The molecule has 4 heterocycles. The van der Waals surface area contributed by atoms with E-state index in [0.717, 1.165) is 69.4 Å². The van der Waals surface area contributed by atoms with Crippen molar-refractivity contribution in [3.8, 4) is 0 Å². The van der Waals surface area contributed by atoms with Crippen LogP contribution in [0, 0.1) is 5.92 Å². The van der Waals surface area contributed by atoms with Crippen LogP contribution < -0.4 is 10.2 Å². The highest BCUT2D eigenvalue weighted by atomic mass is 16.5. The van der Waals surface area contributed by atoms with Gasteiger partial charge >= 0.3 is 0 Å². The highest BCUT2D eigenvalue weighted by Crippen LogP contribution is 2.30. The number of piperidine rings is 1. The summed E-state index contributed by atoms with van der Waals surface area (Å²) in [6.07, 6.45) is 8.08. The average molecular weight is 400 g/mol. The van der Waals surface area contributed by atoms with Gasteiger partial charge in [-0.1, -0.05) is 13.8 Å². The molecule has 0 spiro atoms. The van der Waals surface area contributed by atoms with Crippen molar-refractivity contribution < 1.29 is 4.74 Å². The molecule has 0 unspecified atom stereocenters. The third-order valence-corrected chi connectivity index (χ3v) is 6.18. The summed E-state index contributed by atoms with van der Waals surface area (Å²) >= 11 is 0. The summed E-state index contributed by atoms with van der Waals surface area (Å²) in [7, 11) is 0. The lowest BCUT2D eigenvalue weighted by Gasteiger charge is -2.35. The van der Waals surface area contributed by atoms with Crippen LogP contribution in [0.25, 0.3) is 0 Å². The van der Waals surface area contributed by atoms with Crippen molar-refractivity contribution in [2.45, 2.75) is 71.1 Å². The summed E-state index contributed by atoms with van der Waals surface area (Å²) in [4.78, 5) is 11.4. The third kappa shape index (κ3) is 4.52. The van der Waals surface area contributed by atoms with Gasteiger partial charge in [-0.25, -0.2) is 9.97 Å². The van der Waals surface area contributed by atoms with Crippen LogP contribution >= 0.6 is 0 Å². The second-order valence-corrected chi connectivity index (χ2v) is 8.47. The van der Waals surface area contributed by atoms with Gasteiger partial charge in [0.05, 0.1) is 12.1 Å². The Labute approximate surface area is 173 Å². The van der Waals surface area contributed by atoms with E-state index in [1.165, 1.54) is 0 Å². The van der Waals surface area contributed by atoms with Crippen molar-refractivity contribution in [1.82, 2.24) is 24.7 Å². The molecule has 0 aromatic carbocycles. The Balaban J connectivity index is 1.39. The zero-order valence-electron chi connectivity index (χ0n) is 17.8. The fourth-order valence-corrected chi connectivity index (χ4v) is 4.59. The van der Waals surface area contributed by atoms with Crippen LogP contribution in [0.4, 0.5) is 11.6 Å². The molecule has 2 atom stereocenters. The molecule has 158 valence electrons. The standard InChI is InChI=1S/C21H33N7O/c1-4-27-14-24-26-21(27)16-7-9-28(10-8-16)19-12-18(22-13-23-19)25-17-6-5-11-29-20(17)15(2)3/h12-17,20H,4-11H2,1-3H3,(H,22,23,25)/t17-,20-/m1/s1. The monoisotopic (exact) mass is 399 g/mol. The largest absolute Gasteiger partial charge is 0.376 e. The number of hydrogen-bond donors (Lipinski definition) is 1. The van der Waals surface area contributed by atoms with Gasteiger partial charge in [-0.3, -0.25) is 0 Å². The molecule has 4 rings (SSSR count). The predicted molar refractivity (Wildman–Crippen MR) is 113 cm³/mol. The van der Waals surface area contributed by atoms with Crippen molar-refractivity contribution in [2.75, 3.05) is 29.9 Å². The van der Waals surface area contributed by atoms with Crippen molar-refractivity contribution in [3.63, 3.8) is 0 Å². The first-order chi connectivity index (χ1) is 14.2. The topological polar surface area (TPSA) is 81.0 Å². The molecule has 2 aromatic heterocycles. The summed E-state index contributed by atoms with van der Waals surface area (Å²) in [6, 6.07) is 2.39. The van der Waals surface area contributed by atoms with Gasteiger partial charge in [0.1, 0.15) is 30.1 Å². The smallest absolute Gasteiger partial charge is 0.136 e. The maximum absolute atomic E-state index is 6.01. The molecule has 1 N–H and O–H groups in total. The maximum atomic E-state index is 6.01. The Bertz CT molecular complexity index is 785. The van der Waals surface area contributed by atoms with E-state index >= 15 is 0 Å². The van der Waals surface area contributed by atoms with E-state index in [1.807, 2.05) is 6.33 Å². The Hall–Kier alpha value is -2.22. The second kappa shape index (κ2) is 9.07. The Morgan fingerprint density at radius 1 is 1.21 bits per heavy atom. The molecule has 8 nitrogen and oxygen atoms in total. The van der Waals surface area contributed by atoms with Gasteiger partial charge in [0, 0.05) is 38.2 Å². The lowest BCUT2D eigenvalue weighted by molar-refractivity contribution is -0.0203. The van der Waals surface area contributed by atoms with Gasteiger partial charge in [-0.2, -0.15) is 0 Å². The highest BCUT2D eigenvalue weighted by Gasteiger charge is 2.29. The SMILES string of the molecule is CCn1cnnc1C1CCN(c2cc(N[C@@H]3CCCO[C@@H]3C(C)C)ncn2)CC1. The van der Waals surface area contributed by atoms with Gasteiger partial charge in [0.25, 0.3) is 0 Å². The molecule has 2 fully saturated rings. The first-order valence-electron chi connectivity index (χ1n) is 11.0. The second-order valence-electron chi connectivity index (χ2n) is 8.47. The lowest BCUT2D eigenvalue weighted by Crippen LogP contribution is -2.43. The first-order valence-corrected chi connectivity index (χ1v) is 11.0. The van der Waals surface area contributed by atoms with Gasteiger partial charge in [-0.05, 0) is 38.5 Å². The van der Waals surface area contributed by atoms with Gasteiger partial charge in [0.2, 0.25) is 0 Å². The molecule has 2 aliphatic heterocycles. The summed E-state index contributed by atoms with van der Waals surface area (Å²) in [5, 5.41) is 12.1. The number of hydrogen-bond acceptors (Lipinski definition) is 7. The normalized spacial score (nSPS) is 23.5. The molecule has 0 aliphatic carbocycles. The number of anilines is 2. The minimum atomic E-state index is 0.230. The van der Waals surface area contributed by atoms with E-state index in [1.54, 1.807) is 6.33 Å². The zero-order chi connectivity index (χ0) is 20.2. The number of rotatable bonds is 6. The number of aryl methyl sites for hydroxylation is 1. The van der Waals surface area contributed by atoms with Crippen molar-refractivity contribution in [2.24, 2.45) is 5.92 Å². The maximum Gasteiger partial charge on any atom is 0.136 e. The molecule has 0 saturated carbocycles. The quantitative estimate of drug-likeness (QED) is 0.799. The minimum absolute atomic E-state index is 0.230. The summed E-state index contributed by atoms with van der Waals surface area (Å²) in [6.45, 7) is 10.3. The van der Waals surface area contributed by atoms with E-state index in [-0.39, 0.29) is 6.10 Å². The highest BCUT2D eigenvalue weighted by molar-refractivity contribution is 5.49. The van der Waals surface area contributed by atoms with Crippen LogP contribution in [-0.4, -0.2) is 56.6 Å².